The van der Waals surface area contributed by atoms with Crippen LogP contribution in [0.3, 0.4) is 0 Å². The van der Waals surface area contributed by atoms with Gasteiger partial charge >= 0.3 is 5.97 Å². The maximum absolute atomic E-state index is 12.5. The minimum Gasteiger partial charge on any atom is -0.454 e. The maximum Gasteiger partial charge on any atom is 0.329 e. The highest BCUT2D eigenvalue weighted by atomic mass is 16.5. The molecule has 0 radical (unpaired) electrons. The molecule has 0 unspecified atom stereocenters. The van der Waals surface area contributed by atoms with E-state index >= 15 is 0 Å². The average molecular weight is 384 g/mol. The summed E-state index contributed by atoms with van der Waals surface area (Å²) in [4.78, 5) is 50.3. The molecule has 3 atom stereocenters. The number of carbonyl (C=O) groups is 4. The first-order chi connectivity index (χ1) is 13.4. The predicted octanol–water partition coefficient (Wildman–Crippen LogP) is 2.07. The van der Waals surface area contributed by atoms with Gasteiger partial charge in [-0.1, -0.05) is 31.2 Å². The van der Waals surface area contributed by atoms with E-state index in [0.717, 1.165) is 16.9 Å². The number of fused-ring (bicyclic) bond motifs is 1. The first-order valence-electron chi connectivity index (χ1n) is 9.49. The highest BCUT2D eigenvalue weighted by molar-refractivity contribution is 6.08. The van der Waals surface area contributed by atoms with Crippen LogP contribution >= 0.6 is 0 Å². The number of ether oxygens (including phenoxy) is 1. The number of nitrogens with zero attached hydrogens (tertiary/aromatic N) is 1. The Bertz CT molecular complexity index is 789. The third kappa shape index (κ3) is 3.98. The van der Waals surface area contributed by atoms with E-state index in [1.54, 1.807) is 12.1 Å². The molecule has 0 saturated carbocycles. The second-order valence-corrected chi connectivity index (χ2v) is 7.08. The van der Waals surface area contributed by atoms with E-state index in [-0.39, 0.29) is 11.8 Å². The number of nitrogens with one attached hydrogen (secondary N) is 1. The molecule has 1 saturated heterocycles. The summed E-state index contributed by atoms with van der Waals surface area (Å²) in [6.45, 7) is 3.00. The van der Waals surface area contributed by atoms with Crippen molar-refractivity contribution in [1.82, 2.24) is 4.90 Å². The summed E-state index contributed by atoms with van der Waals surface area (Å²) >= 11 is 0. The highest BCUT2D eigenvalue weighted by Gasteiger charge is 2.50. The summed E-state index contributed by atoms with van der Waals surface area (Å²) < 4.78 is 5.03. The number of carbonyl (C=O) groups excluding carboxylic acids is 4. The van der Waals surface area contributed by atoms with E-state index < -0.39 is 36.4 Å². The topological polar surface area (TPSA) is 92.8 Å². The van der Waals surface area contributed by atoms with Gasteiger partial charge in [-0.05, 0) is 43.9 Å². The van der Waals surface area contributed by atoms with Crippen molar-refractivity contribution in [1.29, 1.82) is 0 Å². The molecular weight excluding hydrogens is 360 g/mol. The van der Waals surface area contributed by atoms with Gasteiger partial charge in [0.15, 0.2) is 6.61 Å². The number of benzene rings is 1. The monoisotopic (exact) mass is 384 g/mol. The van der Waals surface area contributed by atoms with Crippen LogP contribution in [0.1, 0.15) is 32.3 Å². The van der Waals surface area contributed by atoms with Crippen molar-refractivity contribution in [3.05, 3.63) is 42.0 Å². The molecule has 0 bridgehead atoms. The number of allylic oxidation sites excluding steroid dienone is 2. The Balaban J connectivity index is 1.53. The van der Waals surface area contributed by atoms with Gasteiger partial charge in [0.2, 0.25) is 11.8 Å². The Hall–Kier alpha value is -2.96. The van der Waals surface area contributed by atoms with Crippen LogP contribution in [0.25, 0.3) is 0 Å². The smallest absolute Gasteiger partial charge is 0.329 e. The summed E-state index contributed by atoms with van der Waals surface area (Å²) in [5.74, 6) is -2.75. The molecule has 1 aliphatic carbocycles. The number of amides is 3. The molecule has 1 aromatic rings. The van der Waals surface area contributed by atoms with Gasteiger partial charge in [0, 0.05) is 5.69 Å². The Morgan fingerprint density at radius 2 is 1.68 bits per heavy atom. The standard InChI is InChI=1S/C21H24N2O5/c1-3-14-8-10-15(11-9-14)22-18(24)12-28-21(27)13(2)23-19(25)16-6-4-5-7-17(16)20(23)26/h4-5,8-11,13,16-17H,3,6-7,12H2,1-2H3,(H,22,24)/t13-,16-,17+/m0/s1. The zero-order valence-electron chi connectivity index (χ0n) is 16.0. The number of anilines is 1. The molecule has 1 aliphatic heterocycles. The van der Waals surface area contributed by atoms with Crippen molar-refractivity contribution < 1.29 is 23.9 Å². The second kappa shape index (κ2) is 8.37. The van der Waals surface area contributed by atoms with Gasteiger partial charge < -0.3 is 10.1 Å². The minimum atomic E-state index is -1.05. The first-order valence-corrected chi connectivity index (χ1v) is 9.49. The fraction of sp³-hybridized carbons (Fsp3) is 0.429. The largest absolute Gasteiger partial charge is 0.454 e. The van der Waals surface area contributed by atoms with Crippen molar-refractivity contribution in [3.63, 3.8) is 0 Å². The van der Waals surface area contributed by atoms with E-state index in [4.69, 9.17) is 4.74 Å². The van der Waals surface area contributed by atoms with Gasteiger partial charge in [0.05, 0.1) is 11.8 Å². The van der Waals surface area contributed by atoms with Crippen molar-refractivity contribution in [2.75, 3.05) is 11.9 Å². The number of esters is 1. The third-order valence-electron chi connectivity index (χ3n) is 5.26. The van der Waals surface area contributed by atoms with E-state index in [1.165, 1.54) is 6.92 Å². The Morgan fingerprint density at radius 1 is 1.11 bits per heavy atom. The van der Waals surface area contributed by atoms with E-state index in [9.17, 15) is 19.2 Å². The lowest BCUT2D eigenvalue weighted by atomic mass is 9.85. The van der Waals surface area contributed by atoms with Gasteiger partial charge in [-0.2, -0.15) is 0 Å². The number of aryl methyl sites for hydroxylation is 1. The Kier molecular flexibility index (Phi) is 5.92. The molecule has 7 heteroatoms. The molecule has 148 valence electrons. The van der Waals surface area contributed by atoms with Gasteiger partial charge in [0.1, 0.15) is 6.04 Å². The summed E-state index contributed by atoms with van der Waals surface area (Å²) in [7, 11) is 0. The van der Waals surface area contributed by atoms with Crippen LogP contribution in [-0.4, -0.2) is 41.2 Å². The first kappa shape index (κ1) is 19.8. The van der Waals surface area contributed by atoms with Crippen LogP contribution in [0.15, 0.2) is 36.4 Å². The lowest BCUT2D eigenvalue weighted by molar-refractivity contribution is -0.159. The predicted molar refractivity (Wildman–Crippen MR) is 102 cm³/mol. The second-order valence-electron chi connectivity index (χ2n) is 7.08. The van der Waals surface area contributed by atoms with E-state index in [0.29, 0.717) is 18.5 Å². The Morgan fingerprint density at radius 3 is 2.21 bits per heavy atom. The molecule has 28 heavy (non-hydrogen) atoms. The third-order valence-corrected chi connectivity index (χ3v) is 5.26. The summed E-state index contributed by atoms with van der Waals surface area (Å²) in [5, 5.41) is 2.64. The zero-order chi connectivity index (χ0) is 20.3. The van der Waals surface area contributed by atoms with Crippen LogP contribution in [0, 0.1) is 11.8 Å². The quantitative estimate of drug-likeness (QED) is 0.460. The summed E-state index contributed by atoms with van der Waals surface area (Å²) in [5.41, 5.74) is 1.75. The van der Waals surface area contributed by atoms with Crippen molar-refractivity contribution in [2.45, 2.75) is 39.2 Å². The number of imide groups is 1. The lowest BCUT2D eigenvalue weighted by Crippen LogP contribution is -2.45. The molecule has 1 fully saturated rings. The molecule has 0 aromatic heterocycles. The lowest BCUT2D eigenvalue weighted by Gasteiger charge is -2.21. The van der Waals surface area contributed by atoms with Crippen molar-refractivity contribution >= 4 is 29.4 Å². The van der Waals surface area contributed by atoms with Gasteiger partial charge in [-0.15, -0.1) is 0 Å². The van der Waals surface area contributed by atoms with Gasteiger partial charge in [0.25, 0.3) is 5.91 Å². The van der Waals surface area contributed by atoms with Crippen LogP contribution in [-0.2, 0) is 30.3 Å². The summed E-state index contributed by atoms with van der Waals surface area (Å²) in [6.07, 6.45) is 5.68. The molecule has 1 N–H and O–H groups in total. The molecule has 1 aromatic carbocycles. The number of rotatable bonds is 6. The Labute approximate surface area is 163 Å². The molecule has 2 aliphatic rings. The van der Waals surface area contributed by atoms with Crippen molar-refractivity contribution in [2.24, 2.45) is 11.8 Å². The van der Waals surface area contributed by atoms with Crippen LogP contribution in [0.5, 0.6) is 0 Å². The highest BCUT2D eigenvalue weighted by Crippen LogP contribution is 2.36. The maximum atomic E-state index is 12.5. The van der Waals surface area contributed by atoms with Crippen LogP contribution in [0.2, 0.25) is 0 Å². The molecular formula is C21H24N2O5. The summed E-state index contributed by atoms with van der Waals surface area (Å²) in [6, 6.07) is 6.31. The molecule has 1 heterocycles. The van der Waals surface area contributed by atoms with Crippen molar-refractivity contribution in [3.8, 4) is 0 Å². The average Bonchev–Trinajstić information content (AvgIpc) is 2.97. The fourth-order valence-corrected chi connectivity index (χ4v) is 3.59. The molecule has 3 amide bonds. The van der Waals surface area contributed by atoms with E-state index in [2.05, 4.69) is 5.32 Å². The number of likely N-dealkylation sites (tertiary alicyclic amines) is 1. The zero-order valence-corrected chi connectivity index (χ0v) is 16.0. The van der Waals surface area contributed by atoms with Gasteiger partial charge in [-0.3, -0.25) is 19.3 Å². The van der Waals surface area contributed by atoms with Gasteiger partial charge in [-0.25, -0.2) is 4.79 Å². The number of hydrogen-bond acceptors (Lipinski definition) is 5. The fourth-order valence-electron chi connectivity index (χ4n) is 3.59. The van der Waals surface area contributed by atoms with E-state index in [1.807, 2.05) is 31.2 Å². The molecule has 7 nitrogen and oxygen atoms in total. The normalized spacial score (nSPS) is 22.0. The number of hydrogen-bond donors (Lipinski definition) is 1. The van der Waals surface area contributed by atoms with Crippen LogP contribution in [0.4, 0.5) is 5.69 Å². The van der Waals surface area contributed by atoms with Crippen LogP contribution < -0.4 is 5.32 Å². The minimum absolute atomic E-state index is 0.343. The molecule has 3 rings (SSSR count). The SMILES string of the molecule is CCc1ccc(NC(=O)COC(=O)[C@H](C)N2C(=O)[C@H]3CC=CC[C@H]3C2=O)cc1. The molecule has 0 spiro atoms.